The standard InChI is InChI=1S/C25H26F3N9O/c1-13(20-15(25(26,27)28)5-4-8-31-20)32-22-19(24(38)35-18-12-37(3)36-21(18)22)23-33-16-7-6-14(11-17(16)34-23)30-10-9-29-2/h4-8,11-13,29-30,32H,9-10H2,1-3H3,(H,33,34)(H,35,38)/t13-/m1/s1. The fourth-order valence-corrected chi connectivity index (χ4v) is 4.40. The van der Waals surface area contributed by atoms with Crippen LogP contribution in [0.4, 0.5) is 24.5 Å². The molecule has 5 rings (SSSR count). The van der Waals surface area contributed by atoms with Crippen LogP contribution in [0.3, 0.4) is 0 Å². The van der Waals surface area contributed by atoms with Gasteiger partial charge in [-0.2, -0.15) is 18.3 Å². The Kier molecular flexibility index (Phi) is 6.53. The Bertz CT molecular complexity index is 1670. The predicted molar refractivity (Wildman–Crippen MR) is 140 cm³/mol. The normalized spacial score (nSPS) is 12.8. The van der Waals surface area contributed by atoms with Gasteiger partial charge in [-0.15, -0.1) is 0 Å². The van der Waals surface area contributed by atoms with E-state index in [-0.39, 0.29) is 22.8 Å². The highest BCUT2D eigenvalue weighted by Crippen LogP contribution is 2.37. The number of fused-ring (bicyclic) bond motifs is 2. The molecule has 0 amide bonds. The molecule has 38 heavy (non-hydrogen) atoms. The van der Waals surface area contributed by atoms with Crippen molar-refractivity contribution in [2.24, 2.45) is 7.05 Å². The zero-order valence-electron chi connectivity index (χ0n) is 20.9. The van der Waals surface area contributed by atoms with Gasteiger partial charge in [-0.3, -0.25) is 14.5 Å². The molecule has 0 unspecified atom stereocenters. The number of alkyl halides is 3. The highest BCUT2D eigenvalue weighted by molar-refractivity contribution is 5.96. The van der Waals surface area contributed by atoms with Gasteiger partial charge >= 0.3 is 6.18 Å². The SMILES string of the molecule is CNCCNc1ccc2nc(-c3c(N[C@H](C)c4ncccc4C(F)(F)F)c4nn(C)cc4[nH]c3=O)[nH]c2c1. The van der Waals surface area contributed by atoms with Crippen LogP contribution in [0, 0.1) is 0 Å². The van der Waals surface area contributed by atoms with Gasteiger partial charge in [0.2, 0.25) is 0 Å². The molecule has 0 saturated carbocycles. The smallest absolute Gasteiger partial charge is 0.384 e. The number of likely N-dealkylation sites (N-methyl/N-ethyl adjacent to an activating group) is 1. The van der Waals surface area contributed by atoms with Crippen molar-refractivity contribution in [2.75, 3.05) is 30.8 Å². The van der Waals surface area contributed by atoms with Crippen molar-refractivity contribution >= 4 is 33.4 Å². The minimum absolute atomic E-state index is 0.133. The van der Waals surface area contributed by atoms with Crippen LogP contribution in [0.5, 0.6) is 0 Å². The largest absolute Gasteiger partial charge is 0.418 e. The maximum absolute atomic E-state index is 13.7. The monoisotopic (exact) mass is 525 g/mol. The van der Waals surface area contributed by atoms with E-state index >= 15 is 0 Å². The summed E-state index contributed by atoms with van der Waals surface area (Å²) < 4.78 is 42.6. The van der Waals surface area contributed by atoms with Crippen LogP contribution in [0.1, 0.15) is 24.2 Å². The second-order valence-corrected chi connectivity index (χ2v) is 8.92. The summed E-state index contributed by atoms with van der Waals surface area (Å²) in [5, 5.41) is 13.9. The molecule has 0 saturated heterocycles. The number of benzene rings is 1. The minimum Gasteiger partial charge on any atom is -0.384 e. The Morgan fingerprint density at radius 1 is 1.13 bits per heavy atom. The van der Waals surface area contributed by atoms with Gasteiger partial charge < -0.3 is 25.9 Å². The van der Waals surface area contributed by atoms with Crippen LogP contribution in [0.25, 0.3) is 33.5 Å². The molecule has 0 aliphatic rings. The quantitative estimate of drug-likeness (QED) is 0.194. The van der Waals surface area contributed by atoms with Gasteiger partial charge in [-0.05, 0) is 44.3 Å². The Morgan fingerprint density at radius 3 is 2.71 bits per heavy atom. The maximum atomic E-state index is 13.7. The lowest BCUT2D eigenvalue weighted by molar-refractivity contribution is -0.138. The van der Waals surface area contributed by atoms with Crippen molar-refractivity contribution in [1.82, 2.24) is 35.0 Å². The maximum Gasteiger partial charge on any atom is 0.418 e. The van der Waals surface area contributed by atoms with Gasteiger partial charge in [0, 0.05) is 38.2 Å². The molecule has 4 heterocycles. The van der Waals surface area contributed by atoms with Gasteiger partial charge in [-0.25, -0.2) is 4.98 Å². The summed E-state index contributed by atoms with van der Waals surface area (Å²) in [5.41, 5.74) is 1.87. The number of aryl methyl sites for hydroxylation is 1. The van der Waals surface area contributed by atoms with Crippen molar-refractivity contribution in [3.63, 3.8) is 0 Å². The molecule has 198 valence electrons. The van der Waals surface area contributed by atoms with Crippen LogP contribution < -0.4 is 21.5 Å². The molecule has 0 aliphatic heterocycles. The molecule has 1 aromatic carbocycles. The molecular weight excluding hydrogens is 499 g/mol. The second-order valence-electron chi connectivity index (χ2n) is 8.92. The molecule has 0 aliphatic carbocycles. The number of hydrogen-bond acceptors (Lipinski definition) is 7. The van der Waals surface area contributed by atoms with Gasteiger partial charge in [-0.1, -0.05) is 0 Å². The summed E-state index contributed by atoms with van der Waals surface area (Å²) >= 11 is 0. The molecule has 13 heteroatoms. The zero-order chi connectivity index (χ0) is 27.0. The first-order chi connectivity index (χ1) is 18.2. The van der Waals surface area contributed by atoms with E-state index in [1.807, 2.05) is 25.2 Å². The van der Waals surface area contributed by atoms with Gasteiger partial charge in [0.25, 0.3) is 5.56 Å². The summed E-state index contributed by atoms with van der Waals surface area (Å²) in [6.45, 7) is 3.06. The Labute approximate surface area is 214 Å². The number of nitrogens with one attached hydrogen (secondary N) is 5. The second kappa shape index (κ2) is 9.82. The van der Waals surface area contributed by atoms with Crippen molar-refractivity contribution in [1.29, 1.82) is 0 Å². The van der Waals surface area contributed by atoms with E-state index in [1.54, 1.807) is 20.2 Å². The third-order valence-corrected chi connectivity index (χ3v) is 6.13. The number of aromatic nitrogens is 6. The van der Waals surface area contributed by atoms with Crippen LogP contribution in [-0.2, 0) is 13.2 Å². The number of anilines is 2. The number of halogens is 3. The fraction of sp³-hybridized carbons (Fsp3) is 0.280. The lowest BCUT2D eigenvalue weighted by Crippen LogP contribution is -2.19. The molecule has 0 spiro atoms. The average molecular weight is 526 g/mol. The zero-order valence-corrected chi connectivity index (χ0v) is 20.9. The lowest BCUT2D eigenvalue weighted by atomic mass is 10.1. The van der Waals surface area contributed by atoms with E-state index in [9.17, 15) is 18.0 Å². The van der Waals surface area contributed by atoms with E-state index in [0.717, 1.165) is 24.8 Å². The Balaban J connectivity index is 1.62. The third-order valence-electron chi connectivity index (χ3n) is 6.13. The molecule has 5 aromatic rings. The minimum atomic E-state index is -4.59. The summed E-state index contributed by atoms with van der Waals surface area (Å²) in [5.74, 6) is 0.257. The van der Waals surface area contributed by atoms with Crippen molar-refractivity contribution in [3.05, 3.63) is 64.3 Å². The van der Waals surface area contributed by atoms with E-state index in [2.05, 4.69) is 41.0 Å². The van der Waals surface area contributed by atoms with Crippen LogP contribution in [-0.4, -0.2) is 49.9 Å². The van der Waals surface area contributed by atoms with Crippen LogP contribution in [0.15, 0.2) is 47.5 Å². The van der Waals surface area contributed by atoms with Gasteiger partial charge in [0.15, 0.2) is 0 Å². The molecule has 0 bridgehead atoms. The summed E-state index contributed by atoms with van der Waals surface area (Å²) in [7, 11) is 3.56. The van der Waals surface area contributed by atoms with Crippen LogP contribution >= 0.6 is 0 Å². The highest BCUT2D eigenvalue weighted by Gasteiger charge is 2.35. The molecule has 0 radical (unpaired) electrons. The van der Waals surface area contributed by atoms with Crippen molar-refractivity contribution < 1.29 is 13.2 Å². The number of rotatable bonds is 8. The third kappa shape index (κ3) is 4.79. The summed E-state index contributed by atoms with van der Waals surface area (Å²) in [6, 6.07) is 6.90. The predicted octanol–water partition coefficient (Wildman–Crippen LogP) is 4.02. The summed E-state index contributed by atoms with van der Waals surface area (Å²) in [4.78, 5) is 27.9. The Hall–Kier alpha value is -4.39. The number of imidazole rings is 1. The topological polar surface area (TPSA) is 128 Å². The first kappa shape index (κ1) is 25.3. The van der Waals surface area contributed by atoms with E-state index < -0.39 is 23.3 Å². The average Bonchev–Trinajstić information content (AvgIpc) is 3.45. The van der Waals surface area contributed by atoms with Crippen molar-refractivity contribution in [2.45, 2.75) is 19.1 Å². The molecule has 4 aromatic heterocycles. The van der Waals surface area contributed by atoms with E-state index in [0.29, 0.717) is 22.1 Å². The van der Waals surface area contributed by atoms with Crippen LogP contribution in [0.2, 0.25) is 0 Å². The van der Waals surface area contributed by atoms with Gasteiger partial charge in [0.05, 0.1) is 39.5 Å². The highest BCUT2D eigenvalue weighted by atomic mass is 19.4. The first-order valence-electron chi connectivity index (χ1n) is 11.9. The van der Waals surface area contributed by atoms with E-state index in [1.165, 1.54) is 16.9 Å². The number of nitrogens with zero attached hydrogens (tertiary/aromatic N) is 4. The number of hydrogen-bond donors (Lipinski definition) is 5. The molecule has 1 atom stereocenters. The fourth-order valence-electron chi connectivity index (χ4n) is 4.40. The lowest BCUT2D eigenvalue weighted by Gasteiger charge is -2.20. The summed E-state index contributed by atoms with van der Waals surface area (Å²) in [6.07, 6.45) is -1.66. The number of H-pyrrole nitrogens is 2. The van der Waals surface area contributed by atoms with E-state index in [4.69, 9.17) is 0 Å². The van der Waals surface area contributed by atoms with Crippen molar-refractivity contribution in [3.8, 4) is 11.4 Å². The molecule has 0 fully saturated rings. The number of aromatic amines is 2. The van der Waals surface area contributed by atoms with Gasteiger partial charge in [0.1, 0.15) is 16.9 Å². The molecule has 10 nitrogen and oxygen atoms in total. The Morgan fingerprint density at radius 2 is 1.95 bits per heavy atom. The number of pyridine rings is 2. The molecular formula is C25H26F3N9O. The molecule has 5 N–H and O–H groups in total. The first-order valence-corrected chi connectivity index (χ1v) is 11.9.